The summed E-state index contributed by atoms with van der Waals surface area (Å²) in [5.74, 6) is -0.722. The van der Waals surface area contributed by atoms with Crippen LogP contribution in [0.3, 0.4) is 0 Å². The summed E-state index contributed by atoms with van der Waals surface area (Å²) < 4.78 is 0. The first-order valence-corrected chi connectivity index (χ1v) is 7.81. The van der Waals surface area contributed by atoms with E-state index in [1.165, 1.54) is 6.07 Å². The molecule has 0 aliphatic heterocycles. The smallest absolute Gasteiger partial charge is 0.291 e. The third-order valence-electron chi connectivity index (χ3n) is 3.23. The minimum atomic E-state index is -1.07. The maximum absolute atomic E-state index is 12.5. The second kappa shape index (κ2) is 7.77. The molecule has 2 rings (SSSR count). The number of carbonyl (C=O) groups is 1. The van der Waals surface area contributed by atoms with Gasteiger partial charge in [-0.1, -0.05) is 48.0 Å². The van der Waals surface area contributed by atoms with Crippen LogP contribution in [0.1, 0.15) is 42.9 Å². The third-order valence-corrected chi connectivity index (χ3v) is 3.47. The fraction of sp³-hybridized carbons (Fsp3) is 0.278. The van der Waals surface area contributed by atoms with E-state index >= 15 is 0 Å². The van der Waals surface area contributed by atoms with Gasteiger partial charge in [0.2, 0.25) is 6.23 Å². The van der Waals surface area contributed by atoms with Crippen LogP contribution in [0.4, 0.5) is 0 Å². The lowest BCUT2D eigenvalue weighted by Crippen LogP contribution is -2.41. The summed E-state index contributed by atoms with van der Waals surface area (Å²) in [7, 11) is 0. The Bertz CT molecular complexity index is 685. The molecule has 2 aromatic rings. The van der Waals surface area contributed by atoms with E-state index in [2.05, 4.69) is 0 Å². The molecule has 0 aliphatic rings. The first-order valence-electron chi connectivity index (χ1n) is 7.43. The maximum atomic E-state index is 12.5. The van der Waals surface area contributed by atoms with E-state index in [-0.39, 0.29) is 5.56 Å². The Morgan fingerprint density at radius 1 is 1.08 bits per heavy atom. The fourth-order valence-electron chi connectivity index (χ4n) is 1.95. The number of benzene rings is 2. The van der Waals surface area contributed by atoms with Crippen molar-refractivity contribution in [2.45, 2.75) is 32.5 Å². The lowest BCUT2D eigenvalue weighted by molar-refractivity contribution is -0.392. The van der Waals surface area contributed by atoms with Gasteiger partial charge in [0.15, 0.2) is 0 Å². The molecule has 127 valence electrons. The van der Waals surface area contributed by atoms with Crippen molar-refractivity contribution in [2.24, 2.45) is 0 Å². The minimum absolute atomic E-state index is 0.238. The normalized spacial score (nSPS) is 12.9. The Morgan fingerprint density at radius 3 is 2.33 bits per heavy atom. The van der Waals surface area contributed by atoms with Crippen molar-refractivity contribution < 1.29 is 19.8 Å². The summed E-state index contributed by atoms with van der Waals surface area (Å²) in [5.41, 5.74) is 0.0898. The van der Waals surface area contributed by atoms with E-state index in [1.54, 1.807) is 63.2 Å². The van der Waals surface area contributed by atoms with Crippen LogP contribution in [-0.4, -0.2) is 16.6 Å². The highest BCUT2D eigenvalue weighted by atomic mass is 35.5. The zero-order chi connectivity index (χ0) is 17.7. The summed E-state index contributed by atoms with van der Waals surface area (Å²) in [6.45, 7) is 5.24. The Kier molecular flexibility index (Phi) is 5.96. The Balaban J connectivity index is 2.15. The molecule has 0 N–H and O–H groups in total. The average molecular weight is 349 g/mol. The molecule has 0 bridgehead atoms. The van der Waals surface area contributed by atoms with Crippen LogP contribution in [0.5, 0.6) is 0 Å². The summed E-state index contributed by atoms with van der Waals surface area (Å²) in [5, 5.41) is 13.7. The molecule has 2 aromatic carbocycles. The van der Waals surface area contributed by atoms with Crippen LogP contribution in [0.2, 0.25) is 5.02 Å². The molecular weight excluding hydrogens is 330 g/mol. The number of hydroxylamine groups is 2. The van der Waals surface area contributed by atoms with Crippen molar-refractivity contribution in [3.63, 3.8) is 0 Å². The van der Waals surface area contributed by atoms with Gasteiger partial charge < -0.3 is 0 Å². The number of rotatable bonds is 5. The topological polar surface area (TPSA) is 58.7 Å². The van der Waals surface area contributed by atoms with Crippen LogP contribution in [0.25, 0.3) is 0 Å². The maximum Gasteiger partial charge on any atom is 0.373 e. The van der Waals surface area contributed by atoms with Crippen molar-refractivity contribution in [3.05, 3.63) is 70.7 Å². The number of hydrogen-bond acceptors (Lipinski definition) is 4. The molecule has 0 amide bonds. The van der Waals surface area contributed by atoms with Crippen LogP contribution in [0.15, 0.2) is 54.6 Å². The second-order valence-electron chi connectivity index (χ2n) is 6.24. The van der Waals surface area contributed by atoms with Gasteiger partial charge in [-0.3, -0.25) is 4.89 Å². The van der Waals surface area contributed by atoms with Crippen LogP contribution >= 0.6 is 11.6 Å². The number of carbonyl (C=O) groups excluding carboxylic acids is 1. The largest absolute Gasteiger partial charge is 0.373 e. The molecule has 1 radical (unpaired) electrons. The van der Waals surface area contributed by atoms with Gasteiger partial charge in [0.05, 0.1) is 5.56 Å². The molecule has 0 saturated carbocycles. The van der Waals surface area contributed by atoms with E-state index < -0.39 is 17.7 Å². The molecule has 6 heteroatoms. The fourth-order valence-corrected chi connectivity index (χ4v) is 2.14. The SMILES string of the molecule is CC(C)(C)N([O])C(OOC(=O)c1cccc(Cl)c1)c1ccccc1. The van der Waals surface area contributed by atoms with Crippen molar-refractivity contribution in [1.29, 1.82) is 0 Å². The predicted octanol–water partition coefficient (Wildman–Crippen LogP) is 4.57. The second-order valence-corrected chi connectivity index (χ2v) is 6.67. The minimum Gasteiger partial charge on any atom is -0.291 e. The highest BCUT2D eigenvalue weighted by Gasteiger charge is 2.33. The first kappa shape index (κ1) is 18.4. The Labute approximate surface area is 146 Å². The van der Waals surface area contributed by atoms with Crippen LogP contribution in [0, 0.1) is 0 Å². The lowest BCUT2D eigenvalue weighted by atomic mass is 10.1. The van der Waals surface area contributed by atoms with Gasteiger partial charge in [0, 0.05) is 16.1 Å². The van der Waals surface area contributed by atoms with Gasteiger partial charge >= 0.3 is 5.97 Å². The van der Waals surface area contributed by atoms with Crippen LogP contribution in [-0.2, 0) is 15.0 Å². The van der Waals surface area contributed by atoms with Gasteiger partial charge in [-0.15, -0.1) is 10.3 Å². The van der Waals surface area contributed by atoms with Gasteiger partial charge in [-0.2, -0.15) is 4.89 Å². The standard InChI is InChI=1S/C18H19ClNO4/c1-18(2,3)20(22)16(13-8-5-4-6-9-13)23-24-17(21)14-10-7-11-15(19)12-14/h4-12,16H,1-3H3. The Morgan fingerprint density at radius 2 is 1.75 bits per heavy atom. The van der Waals surface area contributed by atoms with Crippen molar-refractivity contribution in [3.8, 4) is 0 Å². The van der Waals surface area contributed by atoms with Crippen LogP contribution < -0.4 is 0 Å². The first-order chi connectivity index (χ1) is 11.3. The monoisotopic (exact) mass is 348 g/mol. The molecule has 0 saturated heterocycles. The quantitative estimate of drug-likeness (QED) is 0.451. The highest BCUT2D eigenvalue weighted by Crippen LogP contribution is 2.28. The summed E-state index contributed by atoms with van der Waals surface area (Å²) in [4.78, 5) is 22.1. The third kappa shape index (κ3) is 4.79. The van der Waals surface area contributed by atoms with E-state index in [0.717, 1.165) is 5.06 Å². The van der Waals surface area contributed by atoms with Crippen molar-refractivity contribution >= 4 is 17.6 Å². The molecule has 0 spiro atoms. The van der Waals surface area contributed by atoms with E-state index in [0.29, 0.717) is 10.6 Å². The molecular formula is C18H19ClNO4. The summed E-state index contributed by atoms with van der Waals surface area (Å²) in [6.07, 6.45) is -1.07. The van der Waals surface area contributed by atoms with E-state index in [9.17, 15) is 10.0 Å². The molecule has 5 nitrogen and oxygen atoms in total. The molecule has 0 aromatic heterocycles. The number of nitrogens with zero attached hydrogens (tertiary/aromatic N) is 1. The molecule has 24 heavy (non-hydrogen) atoms. The molecule has 1 unspecified atom stereocenters. The summed E-state index contributed by atoms with van der Waals surface area (Å²) >= 11 is 5.85. The molecule has 1 atom stereocenters. The number of hydrogen-bond donors (Lipinski definition) is 0. The van der Waals surface area contributed by atoms with Gasteiger partial charge in [-0.05, 0) is 39.0 Å². The molecule has 0 aliphatic carbocycles. The van der Waals surface area contributed by atoms with Gasteiger partial charge in [-0.25, -0.2) is 4.79 Å². The molecule has 0 fully saturated rings. The number of halogens is 1. The van der Waals surface area contributed by atoms with E-state index in [1.807, 2.05) is 6.07 Å². The zero-order valence-electron chi connectivity index (χ0n) is 13.7. The lowest BCUT2D eigenvalue weighted by Gasteiger charge is -2.32. The highest BCUT2D eigenvalue weighted by molar-refractivity contribution is 6.30. The van der Waals surface area contributed by atoms with Gasteiger partial charge in [0.25, 0.3) is 0 Å². The van der Waals surface area contributed by atoms with Crippen molar-refractivity contribution in [2.75, 3.05) is 0 Å². The van der Waals surface area contributed by atoms with E-state index in [4.69, 9.17) is 21.4 Å². The van der Waals surface area contributed by atoms with Crippen molar-refractivity contribution in [1.82, 2.24) is 5.06 Å². The zero-order valence-corrected chi connectivity index (χ0v) is 14.5. The van der Waals surface area contributed by atoms with Gasteiger partial charge in [0.1, 0.15) is 0 Å². The Hall–Kier alpha value is -1.92. The predicted molar refractivity (Wildman–Crippen MR) is 89.4 cm³/mol. The summed E-state index contributed by atoms with van der Waals surface area (Å²) in [6, 6.07) is 15.1. The average Bonchev–Trinajstić information content (AvgIpc) is 2.55. The molecule has 0 heterocycles.